The maximum atomic E-state index is 13.5. The summed E-state index contributed by atoms with van der Waals surface area (Å²) in [6, 6.07) is 22.9. The number of aliphatic imine (C=N–C) groups is 2. The third kappa shape index (κ3) is 18.2. The molecule has 1 radical (unpaired) electrons. The van der Waals surface area contributed by atoms with Gasteiger partial charge in [0, 0.05) is 25.6 Å². The third-order valence-corrected chi connectivity index (χ3v) is 15.1. The third-order valence-electron chi connectivity index (χ3n) is 9.72. The van der Waals surface area contributed by atoms with E-state index in [0.29, 0.717) is 34.0 Å². The normalized spacial score (nSPS) is 13.9. The monoisotopic (exact) mass is 1040 g/mol. The molecule has 0 aromatic heterocycles. The van der Waals surface area contributed by atoms with Crippen LogP contribution in [0.15, 0.2) is 82.8 Å². The van der Waals surface area contributed by atoms with Gasteiger partial charge in [-0.3, -0.25) is 9.98 Å². The van der Waals surface area contributed by atoms with Crippen molar-refractivity contribution in [3.8, 4) is 23.0 Å². The molecule has 0 bridgehead atoms. The van der Waals surface area contributed by atoms with Crippen molar-refractivity contribution in [1.29, 1.82) is 0 Å². The Morgan fingerprint density at radius 3 is 1.15 bits per heavy atom. The number of nitrogens with zero attached hydrogens (tertiary/aromatic N) is 3. The Morgan fingerprint density at radius 2 is 0.887 bits per heavy atom. The molecule has 0 atom stereocenters. The van der Waals surface area contributed by atoms with Crippen LogP contribution in [-0.4, -0.2) is 42.1 Å². The van der Waals surface area contributed by atoms with Gasteiger partial charge in [0.05, 0.1) is 0 Å². The maximum absolute atomic E-state index is 13.5. The van der Waals surface area contributed by atoms with E-state index in [4.69, 9.17) is 24.1 Å². The number of hydrogen-bond acceptors (Lipinski definition) is 6. The molecule has 1 fully saturated rings. The molecular weight excluding hydrogens is 960 g/mol. The Morgan fingerprint density at radius 1 is 0.548 bits per heavy atom. The minimum absolute atomic E-state index is 0. The molecule has 0 amide bonds. The van der Waals surface area contributed by atoms with E-state index in [1.54, 1.807) is 12.4 Å². The van der Waals surface area contributed by atoms with Gasteiger partial charge in [-0.2, -0.15) is 0 Å². The van der Waals surface area contributed by atoms with Crippen LogP contribution in [-0.2, 0) is 26.4 Å². The first-order valence-electron chi connectivity index (χ1n) is 21.8. The van der Waals surface area contributed by atoms with Gasteiger partial charge in [-0.25, -0.2) is 0 Å². The van der Waals surface area contributed by atoms with Crippen molar-refractivity contribution >= 4 is 40.3 Å². The van der Waals surface area contributed by atoms with Gasteiger partial charge in [0.2, 0.25) is 0 Å². The fourth-order valence-corrected chi connectivity index (χ4v) is 14.7. The van der Waals surface area contributed by atoms with Gasteiger partial charge in [-0.15, -0.1) is 0 Å². The van der Waals surface area contributed by atoms with Crippen LogP contribution in [0.5, 0.6) is 23.0 Å². The van der Waals surface area contributed by atoms with Gasteiger partial charge in [0.15, 0.2) is 11.5 Å². The van der Waals surface area contributed by atoms with E-state index in [0.717, 1.165) is 35.5 Å². The van der Waals surface area contributed by atoms with E-state index in [1.807, 2.05) is 72.8 Å². The molecule has 7 nitrogen and oxygen atoms in total. The molecule has 4 aromatic rings. The molecule has 4 aromatic carbocycles. The van der Waals surface area contributed by atoms with Crippen molar-refractivity contribution in [3.63, 3.8) is 0 Å². The number of para-hydroxylation sites is 4. The smallest absolute Gasteiger partial charge is 0.872 e. The number of ether oxygens (including phenoxy) is 2. The maximum Gasteiger partial charge on any atom is 3.00 e. The fourth-order valence-electron chi connectivity index (χ4n) is 6.69. The fraction of sp³-hybridized carbons (Fsp3) is 0.500. The summed E-state index contributed by atoms with van der Waals surface area (Å²) in [5, 5.41) is 27.1. The first-order valence-corrected chi connectivity index (χ1v) is 28.7. The summed E-state index contributed by atoms with van der Waals surface area (Å²) in [5.41, 5.74) is 5.10. The summed E-state index contributed by atoms with van der Waals surface area (Å²) in [6.07, 6.45) is 5.84. The van der Waals surface area contributed by atoms with Crippen molar-refractivity contribution in [2.24, 2.45) is 9.98 Å². The molecule has 0 spiro atoms. The standard InChI is InChI=1S/C42H52N2O3.C6H18NSi2.C4H8O.Yb/c1-39(2,3)29-21-27(37(45)31(23-29)41(7,8)9)25-43-33-17-13-15-19-35(33)47-36-20-16-14-18-34(36)44-26-28-22-30(40(4,5)6)24-32(38(28)46)42(10,11)12;1-8(2,3)7-9(4,5)6;1-2-4-5-3-1;/h13-26,45-46H,1-12H3;1-6H3;1-4H2;/q;-1;;+3/p-2. The minimum Gasteiger partial charge on any atom is -0.872 e. The van der Waals surface area contributed by atoms with Crippen molar-refractivity contribution < 1.29 is 66.6 Å². The molecular formula is C52H76N3O4Si2Yb. The second kappa shape index (κ2) is 22.6. The molecule has 0 saturated carbocycles. The summed E-state index contributed by atoms with van der Waals surface area (Å²) in [6.45, 7) is 41.0. The molecule has 1 aliphatic rings. The van der Waals surface area contributed by atoms with Gasteiger partial charge >= 0.3 is 46.9 Å². The van der Waals surface area contributed by atoms with Crippen LogP contribution in [0.2, 0.25) is 39.3 Å². The van der Waals surface area contributed by atoms with E-state index in [9.17, 15) is 10.2 Å². The Balaban J connectivity index is 0.000000750. The van der Waals surface area contributed by atoms with Crippen molar-refractivity contribution in [2.45, 2.75) is 157 Å². The van der Waals surface area contributed by atoms with Crippen LogP contribution in [0.25, 0.3) is 4.65 Å². The van der Waals surface area contributed by atoms with Crippen LogP contribution >= 0.6 is 0 Å². The van der Waals surface area contributed by atoms with Crippen LogP contribution < -0.4 is 14.9 Å². The minimum atomic E-state index is -1.11. The van der Waals surface area contributed by atoms with Crippen LogP contribution in [0.4, 0.5) is 11.4 Å². The van der Waals surface area contributed by atoms with E-state index in [2.05, 4.69) is 122 Å². The molecule has 1 saturated heterocycles. The number of rotatable bonds is 8. The summed E-state index contributed by atoms with van der Waals surface area (Å²) in [4.78, 5) is 9.50. The second-order valence-electron chi connectivity index (χ2n) is 22.2. The quantitative estimate of drug-likeness (QED) is 0.129. The topological polar surface area (TPSA) is 103 Å². The average Bonchev–Trinajstić information content (AvgIpc) is 3.69. The molecule has 1 heterocycles. The second-order valence-corrected chi connectivity index (χ2v) is 31.8. The van der Waals surface area contributed by atoms with Crippen molar-refractivity contribution in [1.82, 2.24) is 0 Å². The van der Waals surface area contributed by atoms with Gasteiger partial charge in [0.25, 0.3) is 0 Å². The average molecular weight is 1040 g/mol. The first-order chi connectivity index (χ1) is 27.9. The number of benzene rings is 4. The van der Waals surface area contributed by atoms with E-state index < -0.39 is 16.5 Å². The summed E-state index contributed by atoms with van der Waals surface area (Å²) < 4.78 is 16.2. The number of hydrogen-bond donors (Lipinski definition) is 0. The van der Waals surface area contributed by atoms with Gasteiger partial charge in [-0.05, 0) is 92.1 Å². The van der Waals surface area contributed by atoms with E-state index >= 15 is 0 Å². The zero-order valence-corrected chi connectivity index (χ0v) is 44.9. The van der Waals surface area contributed by atoms with E-state index in [1.165, 1.54) is 12.8 Å². The van der Waals surface area contributed by atoms with Crippen molar-refractivity contribution in [3.05, 3.63) is 111 Å². The summed E-state index contributed by atoms with van der Waals surface area (Å²) in [7, 11) is -2.21. The Kier molecular flexibility index (Phi) is 20.3. The van der Waals surface area contributed by atoms with Crippen LogP contribution in [0.1, 0.15) is 129 Å². The molecule has 0 N–H and O–H groups in total. The largest absolute Gasteiger partial charge is 3.00 e. The molecule has 345 valence electrons. The molecule has 5 rings (SSSR count). The van der Waals surface area contributed by atoms with Crippen molar-refractivity contribution in [2.75, 3.05) is 13.2 Å². The molecule has 62 heavy (non-hydrogen) atoms. The Hall–Kier alpha value is -2.51. The molecule has 10 heteroatoms. The molecule has 0 aliphatic carbocycles. The van der Waals surface area contributed by atoms with Gasteiger partial charge < -0.3 is 24.3 Å². The molecule has 1 aliphatic heterocycles. The molecule has 0 unspecified atom stereocenters. The van der Waals surface area contributed by atoms with Gasteiger partial charge in [0.1, 0.15) is 11.4 Å². The summed E-state index contributed by atoms with van der Waals surface area (Å²) in [5.74, 6) is 1.01. The Bertz CT molecular complexity index is 1970. The first kappa shape index (κ1) is 55.6. The van der Waals surface area contributed by atoms with Gasteiger partial charge in [-0.1, -0.05) is 199 Å². The predicted octanol–water partition coefficient (Wildman–Crippen LogP) is 14.1. The van der Waals surface area contributed by atoms with Crippen LogP contribution in [0.3, 0.4) is 0 Å². The predicted molar refractivity (Wildman–Crippen MR) is 264 cm³/mol. The summed E-state index contributed by atoms with van der Waals surface area (Å²) >= 11 is 0. The zero-order valence-electron chi connectivity index (χ0n) is 41.2. The zero-order chi connectivity index (χ0) is 46.2. The Labute approximate surface area is 417 Å². The van der Waals surface area contributed by atoms with E-state index in [-0.39, 0.29) is 80.1 Å². The SMILES string of the molecule is C1CCOC1.CC(C)(C)c1cc(C=Nc2ccccc2Oc2ccccc2N=Cc2cc(C(C)(C)C)cc(C(C)(C)C)c2[O-])c([O-])c(C(C)(C)C)c1.C[Si](C)(C)[N-][Si](C)(C)C.[Yb+3]. The van der Waals surface area contributed by atoms with Crippen LogP contribution in [0, 0.1) is 46.9 Å².